The van der Waals surface area contributed by atoms with Crippen LogP contribution in [-0.4, -0.2) is 67.8 Å². The van der Waals surface area contributed by atoms with E-state index in [1.165, 1.54) is 38.8 Å². The number of piperidine rings is 1. The normalized spacial score (nSPS) is 36.5. The van der Waals surface area contributed by atoms with Gasteiger partial charge in [0.25, 0.3) is 0 Å². The van der Waals surface area contributed by atoms with E-state index in [1.807, 2.05) is 0 Å². The molecule has 0 saturated carbocycles. The fraction of sp³-hybridized carbons (Fsp3) is 1.00. The van der Waals surface area contributed by atoms with E-state index in [0.29, 0.717) is 12.1 Å². The van der Waals surface area contributed by atoms with Crippen molar-refractivity contribution in [3.63, 3.8) is 0 Å². The van der Waals surface area contributed by atoms with E-state index in [-0.39, 0.29) is 5.54 Å². The lowest BCUT2D eigenvalue weighted by Crippen LogP contribution is -2.62. The Morgan fingerprint density at radius 2 is 2.25 bits per heavy atom. The molecule has 0 bridgehead atoms. The lowest BCUT2D eigenvalue weighted by Gasteiger charge is -2.51. The topological polar surface area (TPSA) is 41.7 Å². The van der Waals surface area contributed by atoms with Gasteiger partial charge in [-0.15, -0.1) is 0 Å². The van der Waals surface area contributed by atoms with Crippen LogP contribution in [0.3, 0.4) is 0 Å². The molecule has 0 spiro atoms. The highest BCUT2D eigenvalue weighted by Gasteiger charge is 2.42. The number of hydrogen-bond donors (Lipinski definition) is 1. The molecule has 3 atom stereocenters. The molecule has 118 valence electrons. The summed E-state index contributed by atoms with van der Waals surface area (Å²) < 4.78 is 5.94. The van der Waals surface area contributed by atoms with Crippen LogP contribution in [0.2, 0.25) is 0 Å². The van der Waals surface area contributed by atoms with E-state index in [2.05, 4.69) is 30.8 Å². The monoisotopic (exact) mass is 283 g/mol. The maximum absolute atomic E-state index is 6.23. The fourth-order valence-corrected chi connectivity index (χ4v) is 4.00. The zero-order valence-corrected chi connectivity index (χ0v) is 13.6. The second-order valence-corrected chi connectivity index (χ2v) is 6.83. The highest BCUT2D eigenvalue weighted by Crippen LogP contribution is 2.34. The summed E-state index contributed by atoms with van der Waals surface area (Å²) in [6.45, 7) is 6.28. The molecule has 2 N–H and O–H groups in total. The molecule has 0 amide bonds. The summed E-state index contributed by atoms with van der Waals surface area (Å²) in [6.07, 6.45) is 7.57. The Morgan fingerprint density at radius 1 is 1.45 bits per heavy atom. The molecule has 4 heteroatoms. The Kier molecular flexibility index (Phi) is 5.84. The fourth-order valence-electron chi connectivity index (χ4n) is 4.00. The summed E-state index contributed by atoms with van der Waals surface area (Å²) in [7, 11) is 4.53. The molecule has 0 aromatic rings. The van der Waals surface area contributed by atoms with Crippen molar-refractivity contribution in [1.82, 2.24) is 9.80 Å². The second-order valence-electron chi connectivity index (χ2n) is 6.83. The zero-order valence-electron chi connectivity index (χ0n) is 13.6. The minimum atomic E-state index is 0.154. The van der Waals surface area contributed by atoms with Crippen LogP contribution in [0, 0.1) is 0 Å². The maximum Gasteiger partial charge on any atom is 0.0593 e. The Bertz CT molecular complexity index is 297. The number of hydrogen-bond acceptors (Lipinski definition) is 4. The Labute approximate surface area is 124 Å². The molecule has 2 aliphatic rings. The van der Waals surface area contributed by atoms with Crippen molar-refractivity contribution < 1.29 is 4.74 Å². The zero-order chi connectivity index (χ0) is 14.6. The molecule has 0 radical (unpaired) electrons. The van der Waals surface area contributed by atoms with Gasteiger partial charge in [0, 0.05) is 31.3 Å². The first-order chi connectivity index (χ1) is 9.61. The van der Waals surface area contributed by atoms with E-state index >= 15 is 0 Å². The maximum atomic E-state index is 6.23. The first kappa shape index (κ1) is 16.2. The lowest BCUT2D eigenvalue weighted by molar-refractivity contribution is -0.0837. The molecule has 2 saturated heterocycles. The highest BCUT2D eigenvalue weighted by atomic mass is 16.5. The highest BCUT2D eigenvalue weighted by molar-refractivity contribution is 4.98. The van der Waals surface area contributed by atoms with Gasteiger partial charge in [-0.1, -0.05) is 13.3 Å². The van der Waals surface area contributed by atoms with Gasteiger partial charge in [-0.25, -0.2) is 0 Å². The Balaban J connectivity index is 2.04. The van der Waals surface area contributed by atoms with E-state index in [1.54, 1.807) is 0 Å². The van der Waals surface area contributed by atoms with Crippen molar-refractivity contribution in [2.45, 2.75) is 63.1 Å². The molecule has 20 heavy (non-hydrogen) atoms. The molecule has 2 heterocycles. The third kappa shape index (κ3) is 3.53. The predicted octanol–water partition coefficient (Wildman–Crippen LogP) is 1.69. The third-order valence-electron chi connectivity index (χ3n) is 5.41. The standard InChI is InChI=1S/C16H33N3O/c1-4-6-15-11-16(13-17,8-10-20-15)19(3)14-7-5-9-18(2)12-14/h14-15H,4-13,17H2,1-3H3. The predicted molar refractivity (Wildman–Crippen MR) is 83.9 cm³/mol. The van der Waals surface area contributed by atoms with Gasteiger partial charge in [-0.3, -0.25) is 4.90 Å². The van der Waals surface area contributed by atoms with Crippen molar-refractivity contribution in [2.24, 2.45) is 5.73 Å². The molecule has 0 aromatic heterocycles. The van der Waals surface area contributed by atoms with Crippen LogP contribution in [0.4, 0.5) is 0 Å². The Hall–Kier alpha value is -0.160. The molecular weight excluding hydrogens is 250 g/mol. The molecule has 0 aromatic carbocycles. The van der Waals surface area contributed by atoms with E-state index < -0.39 is 0 Å². The molecular formula is C16H33N3O. The second kappa shape index (κ2) is 7.21. The lowest BCUT2D eigenvalue weighted by atomic mass is 9.82. The van der Waals surface area contributed by atoms with Crippen LogP contribution in [0.25, 0.3) is 0 Å². The van der Waals surface area contributed by atoms with Crippen molar-refractivity contribution >= 4 is 0 Å². The first-order valence-electron chi connectivity index (χ1n) is 8.34. The third-order valence-corrected chi connectivity index (χ3v) is 5.41. The van der Waals surface area contributed by atoms with Gasteiger partial charge in [0.15, 0.2) is 0 Å². The molecule has 4 nitrogen and oxygen atoms in total. The van der Waals surface area contributed by atoms with Gasteiger partial charge in [0.05, 0.1) is 6.10 Å². The van der Waals surface area contributed by atoms with Crippen LogP contribution < -0.4 is 5.73 Å². The van der Waals surface area contributed by atoms with Crippen LogP contribution in [-0.2, 0) is 4.74 Å². The average molecular weight is 283 g/mol. The molecule has 3 unspecified atom stereocenters. The number of likely N-dealkylation sites (N-methyl/N-ethyl adjacent to an activating group) is 2. The summed E-state index contributed by atoms with van der Waals surface area (Å²) in [5, 5.41) is 0. The summed E-state index contributed by atoms with van der Waals surface area (Å²) in [6, 6.07) is 0.651. The SMILES string of the molecule is CCCC1CC(CN)(N(C)C2CCCN(C)C2)CCO1. The van der Waals surface area contributed by atoms with Gasteiger partial charge >= 0.3 is 0 Å². The van der Waals surface area contributed by atoms with E-state index in [9.17, 15) is 0 Å². The minimum absolute atomic E-state index is 0.154. The molecule has 0 aliphatic carbocycles. The number of ether oxygens (including phenoxy) is 1. The minimum Gasteiger partial charge on any atom is -0.378 e. The van der Waals surface area contributed by atoms with Crippen LogP contribution in [0.15, 0.2) is 0 Å². The largest absolute Gasteiger partial charge is 0.378 e. The van der Waals surface area contributed by atoms with E-state index in [4.69, 9.17) is 10.5 Å². The number of nitrogens with zero attached hydrogens (tertiary/aromatic N) is 2. The van der Waals surface area contributed by atoms with E-state index in [0.717, 1.165) is 26.0 Å². The van der Waals surface area contributed by atoms with Crippen LogP contribution in [0.5, 0.6) is 0 Å². The number of likely N-dealkylation sites (tertiary alicyclic amines) is 1. The molecule has 2 fully saturated rings. The van der Waals surface area contributed by atoms with Crippen LogP contribution in [0.1, 0.15) is 45.4 Å². The number of nitrogens with two attached hydrogens (primary N) is 1. The quantitative estimate of drug-likeness (QED) is 0.834. The summed E-state index contributed by atoms with van der Waals surface area (Å²) >= 11 is 0. The van der Waals surface area contributed by atoms with Gasteiger partial charge in [-0.05, 0) is 52.7 Å². The summed E-state index contributed by atoms with van der Waals surface area (Å²) in [4.78, 5) is 5.06. The molecule has 2 aliphatic heterocycles. The van der Waals surface area contributed by atoms with Crippen molar-refractivity contribution in [2.75, 3.05) is 40.3 Å². The van der Waals surface area contributed by atoms with Gasteiger partial charge < -0.3 is 15.4 Å². The summed E-state index contributed by atoms with van der Waals surface area (Å²) in [5.41, 5.74) is 6.38. The van der Waals surface area contributed by atoms with Crippen molar-refractivity contribution in [3.8, 4) is 0 Å². The van der Waals surface area contributed by atoms with Gasteiger partial charge in [0.2, 0.25) is 0 Å². The van der Waals surface area contributed by atoms with Crippen molar-refractivity contribution in [1.29, 1.82) is 0 Å². The van der Waals surface area contributed by atoms with Crippen molar-refractivity contribution in [3.05, 3.63) is 0 Å². The van der Waals surface area contributed by atoms with Gasteiger partial charge in [-0.2, -0.15) is 0 Å². The van der Waals surface area contributed by atoms with Gasteiger partial charge in [0.1, 0.15) is 0 Å². The molecule has 2 rings (SSSR count). The number of rotatable bonds is 5. The Morgan fingerprint density at radius 3 is 2.90 bits per heavy atom. The smallest absolute Gasteiger partial charge is 0.0593 e. The van der Waals surface area contributed by atoms with Crippen LogP contribution >= 0.6 is 0 Å². The summed E-state index contributed by atoms with van der Waals surface area (Å²) in [5.74, 6) is 0. The average Bonchev–Trinajstić information content (AvgIpc) is 2.47. The first-order valence-corrected chi connectivity index (χ1v) is 8.34.